The van der Waals surface area contributed by atoms with Crippen LogP contribution in [0.1, 0.15) is 35.6 Å². The van der Waals surface area contributed by atoms with Crippen molar-refractivity contribution in [3.8, 4) is 0 Å². The highest BCUT2D eigenvalue weighted by Gasteiger charge is 2.32. The summed E-state index contributed by atoms with van der Waals surface area (Å²) in [4.78, 5) is 24.4. The van der Waals surface area contributed by atoms with Crippen LogP contribution in [0.3, 0.4) is 0 Å². The number of carbonyl (C=O) groups excluding carboxylic acids is 2. The molecule has 0 bridgehead atoms. The molecule has 29 heavy (non-hydrogen) atoms. The zero-order valence-corrected chi connectivity index (χ0v) is 18.3. The fraction of sp³-hybridized carbons (Fsp3) is 0.368. The standard InChI is InChI=1S/C19H24ClN3O5S/c1-5-23-12(3)17(19(25)28-6-2)18(13(23)4)29(26,27)21-11-16(24)22-15-9-7-8-14(20)10-15/h7-10,21H,5-6,11H2,1-4H3,(H,22,24). The second-order valence-electron chi connectivity index (χ2n) is 6.22. The van der Waals surface area contributed by atoms with E-state index in [0.717, 1.165) is 0 Å². The summed E-state index contributed by atoms with van der Waals surface area (Å²) in [5, 5.41) is 3.00. The highest BCUT2D eigenvalue weighted by molar-refractivity contribution is 7.89. The van der Waals surface area contributed by atoms with Crippen molar-refractivity contribution < 1.29 is 22.7 Å². The van der Waals surface area contributed by atoms with Crippen molar-refractivity contribution in [2.45, 2.75) is 39.1 Å². The number of carbonyl (C=O) groups is 2. The van der Waals surface area contributed by atoms with Crippen molar-refractivity contribution in [2.75, 3.05) is 18.5 Å². The summed E-state index contributed by atoms with van der Waals surface area (Å²) in [5.74, 6) is -1.29. The van der Waals surface area contributed by atoms with Gasteiger partial charge < -0.3 is 14.6 Å². The molecule has 2 rings (SSSR count). The molecule has 10 heteroatoms. The van der Waals surface area contributed by atoms with Crippen molar-refractivity contribution in [1.82, 2.24) is 9.29 Å². The molecule has 0 saturated heterocycles. The van der Waals surface area contributed by atoms with Gasteiger partial charge in [-0.15, -0.1) is 0 Å². The number of ether oxygens (including phenoxy) is 1. The largest absolute Gasteiger partial charge is 0.462 e. The Bertz CT molecular complexity index is 1030. The molecule has 0 fully saturated rings. The summed E-state index contributed by atoms with van der Waals surface area (Å²) in [6.07, 6.45) is 0. The van der Waals surface area contributed by atoms with E-state index in [1.54, 1.807) is 49.6 Å². The van der Waals surface area contributed by atoms with E-state index in [-0.39, 0.29) is 17.1 Å². The van der Waals surface area contributed by atoms with Crippen molar-refractivity contribution >= 4 is 39.2 Å². The van der Waals surface area contributed by atoms with Gasteiger partial charge in [0.05, 0.1) is 13.2 Å². The first-order valence-electron chi connectivity index (χ1n) is 9.04. The number of halogens is 1. The predicted octanol–water partition coefficient (Wildman–Crippen LogP) is 2.87. The lowest BCUT2D eigenvalue weighted by molar-refractivity contribution is -0.115. The quantitative estimate of drug-likeness (QED) is 0.612. The molecule has 0 aliphatic carbocycles. The monoisotopic (exact) mass is 441 g/mol. The molecule has 2 aromatic rings. The smallest absolute Gasteiger partial charge is 0.341 e. The third kappa shape index (κ3) is 5.17. The number of sulfonamides is 1. The van der Waals surface area contributed by atoms with Crippen molar-refractivity contribution in [3.63, 3.8) is 0 Å². The van der Waals surface area contributed by atoms with Gasteiger partial charge in [-0.3, -0.25) is 4.79 Å². The van der Waals surface area contributed by atoms with Gasteiger partial charge in [0.1, 0.15) is 10.5 Å². The summed E-state index contributed by atoms with van der Waals surface area (Å²) in [5.41, 5.74) is 1.31. The summed E-state index contributed by atoms with van der Waals surface area (Å²) in [6.45, 7) is 6.85. The molecule has 8 nitrogen and oxygen atoms in total. The minimum atomic E-state index is -4.15. The van der Waals surface area contributed by atoms with Crippen LogP contribution in [0.5, 0.6) is 0 Å². The Balaban J connectivity index is 2.28. The Morgan fingerprint density at radius 1 is 1.17 bits per heavy atom. The Labute approximate surface area is 175 Å². The molecular weight excluding hydrogens is 418 g/mol. The molecule has 1 amide bonds. The van der Waals surface area contributed by atoms with Crippen LogP contribution in [-0.4, -0.2) is 38.0 Å². The number of benzene rings is 1. The number of hydrogen-bond acceptors (Lipinski definition) is 5. The average molecular weight is 442 g/mol. The lowest BCUT2D eigenvalue weighted by atomic mass is 10.2. The predicted molar refractivity (Wildman–Crippen MR) is 111 cm³/mol. The summed E-state index contributed by atoms with van der Waals surface area (Å²) >= 11 is 5.87. The zero-order valence-electron chi connectivity index (χ0n) is 16.7. The molecule has 1 aromatic heterocycles. The molecule has 0 spiro atoms. The van der Waals surface area contributed by atoms with Gasteiger partial charge in [0, 0.05) is 28.6 Å². The van der Waals surface area contributed by atoms with E-state index >= 15 is 0 Å². The molecule has 0 aliphatic heterocycles. The van der Waals surface area contributed by atoms with Crippen molar-refractivity contribution in [2.24, 2.45) is 0 Å². The van der Waals surface area contributed by atoms with E-state index in [1.165, 1.54) is 0 Å². The second-order valence-corrected chi connectivity index (χ2v) is 8.36. The first-order chi connectivity index (χ1) is 13.6. The van der Waals surface area contributed by atoms with Crippen LogP contribution in [-0.2, 0) is 26.1 Å². The zero-order chi connectivity index (χ0) is 21.8. The number of nitrogens with one attached hydrogen (secondary N) is 2. The van der Waals surface area contributed by atoms with Gasteiger partial charge in [0.25, 0.3) is 0 Å². The molecule has 2 N–H and O–H groups in total. The lowest BCUT2D eigenvalue weighted by Gasteiger charge is -2.10. The van der Waals surface area contributed by atoms with Gasteiger partial charge >= 0.3 is 5.97 Å². The van der Waals surface area contributed by atoms with Crippen molar-refractivity contribution in [3.05, 3.63) is 46.2 Å². The van der Waals surface area contributed by atoms with Gasteiger partial charge in [-0.05, 0) is 45.9 Å². The number of anilines is 1. The first-order valence-corrected chi connectivity index (χ1v) is 10.9. The van der Waals surface area contributed by atoms with Crippen LogP contribution in [0.25, 0.3) is 0 Å². The fourth-order valence-corrected chi connectivity index (χ4v) is 4.76. The van der Waals surface area contributed by atoms with E-state index in [9.17, 15) is 18.0 Å². The van der Waals surface area contributed by atoms with E-state index in [0.29, 0.717) is 28.6 Å². The lowest BCUT2D eigenvalue weighted by Crippen LogP contribution is -2.34. The summed E-state index contributed by atoms with van der Waals surface area (Å²) in [7, 11) is -4.15. The minimum Gasteiger partial charge on any atom is -0.462 e. The maximum Gasteiger partial charge on any atom is 0.341 e. The van der Waals surface area contributed by atoms with E-state index in [2.05, 4.69) is 10.0 Å². The molecular formula is C19H24ClN3O5S. The maximum absolute atomic E-state index is 12.9. The first kappa shape index (κ1) is 22.9. The second kappa shape index (κ2) is 9.43. The van der Waals surface area contributed by atoms with Gasteiger partial charge in [-0.25, -0.2) is 17.9 Å². The molecule has 158 valence electrons. The van der Waals surface area contributed by atoms with E-state index < -0.39 is 28.4 Å². The molecule has 1 aromatic carbocycles. The SMILES string of the molecule is CCOC(=O)c1c(S(=O)(=O)NCC(=O)Nc2cccc(Cl)c2)c(C)n(CC)c1C. The Morgan fingerprint density at radius 2 is 1.86 bits per heavy atom. The number of hydrogen-bond donors (Lipinski definition) is 2. The third-order valence-corrected chi connectivity index (χ3v) is 6.12. The van der Waals surface area contributed by atoms with E-state index in [4.69, 9.17) is 16.3 Å². The van der Waals surface area contributed by atoms with E-state index in [1.807, 2.05) is 6.92 Å². The van der Waals surface area contributed by atoms with Gasteiger partial charge in [0.15, 0.2) is 0 Å². The normalized spacial score (nSPS) is 11.3. The number of nitrogens with zero attached hydrogens (tertiary/aromatic N) is 1. The number of aromatic nitrogens is 1. The van der Waals surface area contributed by atoms with Crippen LogP contribution in [0.2, 0.25) is 5.02 Å². The molecule has 1 heterocycles. The Hall–Kier alpha value is -2.36. The van der Waals surface area contributed by atoms with Crippen LogP contribution in [0.4, 0.5) is 5.69 Å². The highest BCUT2D eigenvalue weighted by Crippen LogP contribution is 2.27. The molecule has 0 atom stereocenters. The summed E-state index contributed by atoms with van der Waals surface area (Å²) in [6, 6.07) is 6.49. The minimum absolute atomic E-state index is 0.0195. The van der Waals surface area contributed by atoms with Gasteiger partial charge in [0.2, 0.25) is 15.9 Å². The van der Waals surface area contributed by atoms with Gasteiger partial charge in [-0.1, -0.05) is 17.7 Å². The maximum atomic E-state index is 12.9. The number of esters is 1. The average Bonchev–Trinajstić information content (AvgIpc) is 2.91. The van der Waals surface area contributed by atoms with Gasteiger partial charge in [-0.2, -0.15) is 0 Å². The van der Waals surface area contributed by atoms with Crippen LogP contribution in [0.15, 0.2) is 29.2 Å². The van der Waals surface area contributed by atoms with Crippen LogP contribution in [0, 0.1) is 13.8 Å². The number of amides is 1. The Morgan fingerprint density at radius 3 is 2.45 bits per heavy atom. The molecule has 0 unspecified atom stereocenters. The molecule has 0 radical (unpaired) electrons. The Kier molecular flexibility index (Phi) is 7.45. The topological polar surface area (TPSA) is 106 Å². The number of rotatable bonds is 8. The highest BCUT2D eigenvalue weighted by atomic mass is 35.5. The molecule has 0 aliphatic rings. The summed E-state index contributed by atoms with van der Waals surface area (Å²) < 4.78 is 34.9. The van der Waals surface area contributed by atoms with Crippen LogP contribution >= 0.6 is 11.6 Å². The third-order valence-electron chi connectivity index (χ3n) is 4.32. The fourth-order valence-electron chi connectivity index (χ4n) is 3.11. The van der Waals surface area contributed by atoms with Crippen molar-refractivity contribution in [1.29, 1.82) is 0 Å². The molecule has 0 saturated carbocycles. The van der Waals surface area contributed by atoms with Crippen LogP contribution < -0.4 is 10.0 Å².